The number of benzene rings is 1. The second-order valence-electron chi connectivity index (χ2n) is 10.5. The highest BCUT2D eigenvalue weighted by Gasteiger charge is 2.33. The summed E-state index contributed by atoms with van der Waals surface area (Å²) >= 11 is 0. The van der Waals surface area contributed by atoms with Crippen molar-refractivity contribution >= 4 is 23.0 Å². The van der Waals surface area contributed by atoms with Crippen molar-refractivity contribution in [1.29, 1.82) is 0 Å². The lowest BCUT2D eigenvalue weighted by Crippen LogP contribution is -2.45. The molecule has 32 heavy (non-hydrogen) atoms. The fourth-order valence-electron chi connectivity index (χ4n) is 5.85. The van der Waals surface area contributed by atoms with Crippen LogP contribution in [0, 0.1) is 17.8 Å². The Hall–Kier alpha value is -2.50. The number of fused-ring (bicyclic) bond motifs is 3. The van der Waals surface area contributed by atoms with E-state index in [1.165, 1.54) is 38.5 Å². The molecule has 3 N–H and O–H groups in total. The van der Waals surface area contributed by atoms with E-state index in [2.05, 4.69) is 10.3 Å². The van der Waals surface area contributed by atoms with E-state index in [9.17, 15) is 14.7 Å². The average molecular weight is 441 g/mol. The van der Waals surface area contributed by atoms with Gasteiger partial charge in [-0.1, -0.05) is 37.5 Å². The molecule has 2 saturated carbocycles. The van der Waals surface area contributed by atoms with Crippen LogP contribution in [0.25, 0.3) is 10.9 Å². The number of H-pyrrole nitrogens is 1. The fourth-order valence-corrected chi connectivity index (χ4v) is 5.85. The molecule has 6 nitrogen and oxygen atoms in total. The van der Waals surface area contributed by atoms with E-state index < -0.39 is 23.7 Å². The van der Waals surface area contributed by atoms with Gasteiger partial charge in [0.25, 0.3) is 0 Å². The number of amides is 1. The van der Waals surface area contributed by atoms with Crippen molar-refractivity contribution in [2.24, 2.45) is 17.8 Å². The van der Waals surface area contributed by atoms with Crippen LogP contribution in [0.15, 0.2) is 30.5 Å². The molecule has 2 bridgehead atoms. The first-order valence-electron chi connectivity index (χ1n) is 12.1. The Bertz CT molecular complexity index is 938. The number of carbonyl (C=O) groups excluding carboxylic acids is 1. The first-order chi connectivity index (χ1) is 15.3. The van der Waals surface area contributed by atoms with Crippen molar-refractivity contribution in [2.75, 3.05) is 0 Å². The van der Waals surface area contributed by atoms with Crippen molar-refractivity contribution in [3.8, 4) is 0 Å². The second-order valence-corrected chi connectivity index (χ2v) is 10.5. The van der Waals surface area contributed by atoms with Gasteiger partial charge in [0.1, 0.15) is 11.6 Å². The van der Waals surface area contributed by atoms with Gasteiger partial charge in [0.15, 0.2) is 0 Å². The smallest absolute Gasteiger partial charge is 0.408 e. The number of aromatic amines is 1. The van der Waals surface area contributed by atoms with Crippen LogP contribution in [-0.4, -0.2) is 33.8 Å². The number of carbonyl (C=O) groups is 2. The van der Waals surface area contributed by atoms with E-state index in [0.29, 0.717) is 0 Å². The zero-order valence-corrected chi connectivity index (χ0v) is 19.2. The quantitative estimate of drug-likeness (QED) is 0.493. The molecule has 0 spiro atoms. The van der Waals surface area contributed by atoms with Crippen LogP contribution in [0.4, 0.5) is 4.79 Å². The number of hydrogen-bond donors (Lipinski definition) is 3. The van der Waals surface area contributed by atoms with Gasteiger partial charge in [-0.3, -0.25) is 0 Å². The summed E-state index contributed by atoms with van der Waals surface area (Å²) in [6.07, 6.45) is 11.4. The monoisotopic (exact) mass is 440 g/mol. The number of rotatable bonds is 8. The lowest BCUT2D eigenvalue weighted by Gasteiger charge is -2.40. The normalized spacial score (nSPS) is 24.1. The Balaban J connectivity index is 1.29. The maximum Gasteiger partial charge on any atom is 0.408 e. The van der Waals surface area contributed by atoms with Crippen LogP contribution in [-0.2, 0) is 16.0 Å². The lowest BCUT2D eigenvalue weighted by atomic mass is 9.67. The summed E-state index contributed by atoms with van der Waals surface area (Å²) in [5, 5.41) is 13.2. The molecule has 2 aliphatic rings. The van der Waals surface area contributed by atoms with Crippen molar-refractivity contribution in [1.82, 2.24) is 10.3 Å². The average Bonchev–Trinajstić information content (AvgIpc) is 3.14. The number of carboxylic acid groups (broad SMARTS) is 1. The van der Waals surface area contributed by atoms with Gasteiger partial charge in [0, 0.05) is 23.5 Å². The maximum absolute atomic E-state index is 12.6. The van der Waals surface area contributed by atoms with E-state index in [0.717, 1.165) is 47.1 Å². The van der Waals surface area contributed by atoms with Crippen LogP contribution >= 0.6 is 0 Å². The molecule has 1 aromatic carbocycles. The fraction of sp³-hybridized carbons (Fsp3) is 0.615. The summed E-state index contributed by atoms with van der Waals surface area (Å²) in [7, 11) is 0. The minimum Gasteiger partial charge on any atom is -0.480 e. The highest BCUT2D eigenvalue weighted by atomic mass is 16.6. The van der Waals surface area contributed by atoms with Crippen molar-refractivity contribution in [2.45, 2.75) is 83.3 Å². The molecule has 3 atom stereocenters. The molecule has 2 fully saturated rings. The Kier molecular flexibility index (Phi) is 6.77. The summed E-state index contributed by atoms with van der Waals surface area (Å²) in [5.74, 6) is 1.43. The molecular weight excluding hydrogens is 404 g/mol. The van der Waals surface area contributed by atoms with Gasteiger partial charge in [0.05, 0.1) is 0 Å². The van der Waals surface area contributed by atoms with Crippen molar-refractivity contribution in [3.05, 3.63) is 36.0 Å². The minimum absolute atomic E-state index is 0.194. The SMILES string of the molecule is CC(C)(CCC1C[C@H]2CCC[C@H](C1)C2)OC(=O)N[C@@H](Cc1c[nH]c2ccccc12)C(=O)O. The first-order valence-corrected chi connectivity index (χ1v) is 12.1. The largest absolute Gasteiger partial charge is 0.480 e. The molecule has 2 aromatic rings. The third-order valence-corrected chi connectivity index (χ3v) is 7.44. The molecule has 4 rings (SSSR count). The number of hydrogen-bond acceptors (Lipinski definition) is 3. The van der Waals surface area contributed by atoms with E-state index in [-0.39, 0.29) is 6.42 Å². The highest BCUT2D eigenvalue weighted by Crippen LogP contribution is 2.44. The molecule has 0 aliphatic heterocycles. The van der Waals surface area contributed by atoms with E-state index in [4.69, 9.17) is 4.74 Å². The topological polar surface area (TPSA) is 91.4 Å². The Morgan fingerprint density at radius 1 is 1.19 bits per heavy atom. The maximum atomic E-state index is 12.6. The lowest BCUT2D eigenvalue weighted by molar-refractivity contribution is -0.139. The van der Waals surface area contributed by atoms with Crippen molar-refractivity contribution in [3.63, 3.8) is 0 Å². The predicted octanol–water partition coefficient (Wildman–Crippen LogP) is 5.67. The van der Waals surface area contributed by atoms with Crippen LogP contribution in [0.2, 0.25) is 0 Å². The van der Waals surface area contributed by atoms with E-state index >= 15 is 0 Å². The molecule has 1 amide bonds. The van der Waals surface area contributed by atoms with Crippen LogP contribution in [0.3, 0.4) is 0 Å². The molecule has 0 radical (unpaired) electrons. The zero-order valence-electron chi connectivity index (χ0n) is 19.2. The third-order valence-electron chi connectivity index (χ3n) is 7.44. The number of aliphatic carboxylic acids is 1. The van der Waals surface area contributed by atoms with Gasteiger partial charge in [-0.15, -0.1) is 0 Å². The van der Waals surface area contributed by atoms with Gasteiger partial charge in [-0.2, -0.15) is 0 Å². The molecule has 1 heterocycles. The summed E-state index contributed by atoms with van der Waals surface area (Å²) < 4.78 is 5.69. The van der Waals surface area contributed by atoms with E-state index in [1.54, 1.807) is 6.20 Å². The summed E-state index contributed by atoms with van der Waals surface area (Å²) in [5.41, 5.74) is 1.18. The van der Waals surface area contributed by atoms with Gasteiger partial charge in [0.2, 0.25) is 0 Å². The number of aromatic nitrogens is 1. The second kappa shape index (κ2) is 9.55. The number of alkyl carbamates (subject to hydrolysis) is 1. The summed E-state index contributed by atoms with van der Waals surface area (Å²) in [6.45, 7) is 3.84. The molecule has 2 aliphatic carbocycles. The molecular formula is C26H36N2O4. The molecule has 0 saturated heterocycles. The Morgan fingerprint density at radius 3 is 2.62 bits per heavy atom. The number of carboxylic acids is 1. The number of ether oxygens (including phenoxy) is 1. The molecule has 174 valence electrons. The minimum atomic E-state index is -1.07. The zero-order chi connectivity index (χ0) is 22.7. The number of para-hydroxylation sites is 1. The van der Waals surface area contributed by atoms with Gasteiger partial charge >= 0.3 is 12.1 Å². The molecule has 0 unspecified atom stereocenters. The van der Waals surface area contributed by atoms with Gasteiger partial charge < -0.3 is 20.1 Å². The summed E-state index contributed by atoms with van der Waals surface area (Å²) in [4.78, 5) is 27.5. The Morgan fingerprint density at radius 2 is 1.91 bits per heavy atom. The van der Waals surface area contributed by atoms with Crippen LogP contribution < -0.4 is 5.32 Å². The van der Waals surface area contributed by atoms with E-state index in [1.807, 2.05) is 38.1 Å². The molecule has 6 heteroatoms. The summed E-state index contributed by atoms with van der Waals surface area (Å²) in [6, 6.07) is 6.68. The van der Waals surface area contributed by atoms with Gasteiger partial charge in [-0.25, -0.2) is 9.59 Å². The van der Waals surface area contributed by atoms with Crippen LogP contribution in [0.5, 0.6) is 0 Å². The van der Waals surface area contributed by atoms with Crippen LogP contribution in [0.1, 0.15) is 70.8 Å². The third kappa shape index (κ3) is 5.64. The predicted molar refractivity (Wildman–Crippen MR) is 125 cm³/mol. The van der Waals surface area contributed by atoms with Gasteiger partial charge in [-0.05, 0) is 75.3 Å². The highest BCUT2D eigenvalue weighted by molar-refractivity contribution is 5.85. The Labute approximate surface area is 190 Å². The first kappa shape index (κ1) is 22.7. The van der Waals surface area contributed by atoms with Crippen molar-refractivity contribution < 1.29 is 19.4 Å². The standard InChI is InChI=1S/C26H36N2O4/c1-26(2,11-10-19-13-17-6-5-7-18(12-17)14-19)32-25(31)28-23(24(29)30)15-20-16-27-22-9-4-3-8-21(20)22/h3-4,8-9,16-19,23,27H,5-7,10-15H2,1-2H3,(H,28,31)(H,29,30)/t17-,18-,23-/m0/s1. The molecule has 1 aromatic heterocycles. The number of nitrogens with one attached hydrogen (secondary N) is 2.